The molecule has 0 saturated carbocycles. The van der Waals surface area contributed by atoms with Crippen LogP contribution in [0.1, 0.15) is 11.1 Å². The van der Waals surface area contributed by atoms with Crippen LogP contribution in [0.5, 0.6) is 0 Å². The minimum absolute atomic E-state index is 0.856. The SMILES string of the molecule is Cc1ccc(CCSc2ncccn2)cc1. The lowest BCUT2D eigenvalue weighted by molar-refractivity contribution is 0.963. The molecule has 0 aliphatic rings. The van der Waals surface area contributed by atoms with Crippen LogP contribution >= 0.6 is 11.8 Å². The third-order valence-electron chi connectivity index (χ3n) is 2.28. The van der Waals surface area contributed by atoms with Gasteiger partial charge < -0.3 is 0 Å². The van der Waals surface area contributed by atoms with E-state index in [1.807, 2.05) is 6.07 Å². The van der Waals surface area contributed by atoms with Crippen LogP contribution in [0, 0.1) is 6.92 Å². The van der Waals surface area contributed by atoms with Gasteiger partial charge in [-0.25, -0.2) is 9.97 Å². The van der Waals surface area contributed by atoms with Gasteiger partial charge in [0.05, 0.1) is 0 Å². The second-order valence-corrected chi connectivity index (χ2v) is 4.68. The van der Waals surface area contributed by atoms with E-state index >= 15 is 0 Å². The molecule has 1 aromatic carbocycles. The molecule has 1 heterocycles. The zero-order valence-corrected chi connectivity index (χ0v) is 10.1. The van der Waals surface area contributed by atoms with Crippen molar-refractivity contribution in [1.82, 2.24) is 9.97 Å². The van der Waals surface area contributed by atoms with Gasteiger partial charge in [-0.2, -0.15) is 0 Å². The van der Waals surface area contributed by atoms with E-state index in [0.29, 0.717) is 0 Å². The summed E-state index contributed by atoms with van der Waals surface area (Å²) in [6, 6.07) is 10.5. The molecule has 0 unspecified atom stereocenters. The Hall–Kier alpha value is -1.35. The Balaban J connectivity index is 1.82. The highest BCUT2D eigenvalue weighted by Gasteiger charge is 1.97. The number of hydrogen-bond acceptors (Lipinski definition) is 3. The monoisotopic (exact) mass is 230 g/mol. The zero-order chi connectivity index (χ0) is 11.2. The van der Waals surface area contributed by atoms with Crippen molar-refractivity contribution < 1.29 is 0 Å². The first kappa shape index (κ1) is 11.1. The predicted octanol–water partition coefficient (Wildman–Crippen LogP) is 3.12. The number of rotatable bonds is 4. The van der Waals surface area contributed by atoms with Gasteiger partial charge >= 0.3 is 0 Å². The van der Waals surface area contributed by atoms with Crippen molar-refractivity contribution in [1.29, 1.82) is 0 Å². The van der Waals surface area contributed by atoms with Crippen LogP contribution in [0.2, 0.25) is 0 Å². The summed E-state index contributed by atoms with van der Waals surface area (Å²) >= 11 is 1.70. The maximum absolute atomic E-state index is 4.18. The Morgan fingerprint density at radius 1 is 1.06 bits per heavy atom. The number of benzene rings is 1. The normalized spacial score (nSPS) is 10.3. The van der Waals surface area contributed by atoms with Crippen molar-refractivity contribution >= 4 is 11.8 Å². The molecule has 0 aliphatic carbocycles. The average Bonchev–Trinajstić information content (AvgIpc) is 2.33. The molecule has 16 heavy (non-hydrogen) atoms. The van der Waals surface area contributed by atoms with Crippen molar-refractivity contribution in [3.63, 3.8) is 0 Å². The fraction of sp³-hybridized carbons (Fsp3) is 0.231. The average molecular weight is 230 g/mol. The molecule has 0 fully saturated rings. The first-order valence-electron chi connectivity index (χ1n) is 5.30. The molecule has 0 amide bonds. The third kappa shape index (κ3) is 3.35. The van der Waals surface area contributed by atoms with Gasteiger partial charge in [0.25, 0.3) is 0 Å². The minimum atomic E-state index is 0.856. The molecule has 0 radical (unpaired) electrons. The Morgan fingerprint density at radius 2 is 1.75 bits per heavy atom. The molecule has 0 spiro atoms. The van der Waals surface area contributed by atoms with E-state index in [-0.39, 0.29) is 0 Å². The van der Waals surface area contributed by atoms with Gasteiger partial charge in [-0.15, -0.1) is 0 Å². The highest BCUT2D eigenvalue weighted by atomic mass is 32.2. The van der Waals surface area contributed by atoms with Crippen LogP contribution in [-0.4, -0.2) is 15.7 Å². The first-order chi connectivity index (χ1) is 7.84. The number of hydrogen-bond donors (Lipinski definition) is 0. The van der Waals surface area contributed by atoms with E-state index in [2.05, 4.69) is 41.2 Å². The smallest absolute Gasteiger partial charge is 0.187 e. The predicted molar refractivity (Wildman–Crippen MR) is 67.6 cm³/mol. The number of nitrogens with zero attached hydrogens (tertiary/aromatic N) is 2. The van der Waals surface area contributed by atoms with E-state index < -0.39 is 0 Å². The molecule has 0 N–H and O–H groups in total. The zero-order valence-electron chi connectivity index (χ0n) is 9.26. The fourth-order valence-electron chi connectivity index (χ4n) is 1.37. The van der Waals surface area contributed by atoms with Crippen molar-refractivity contribution in [2.45, 2.75) is 18.5 Å². The second-order valence-electron chi connectivity index (χ2n) is 3.62. The van der Waals surface area contributed by atoms with E-state index in [1.54, 1.807) is 24.2 Å². The van der Waals surface area contributed by atoms with Crippen LogP contribution in [0.15, 0.2) is 47.9 Å². The molecule has 0 saturated heterocycles. The minimum Gasteiger partial charge on any atom is -0.231 e. The first-order valence-corrected chi connectivity index (χ1v) is 6.28. The number of aryl methyl sites for hydroxylation is 2. The summed E-state index contributed by atoms with van der Waals surface area (Å²) in [7, 11) is 0. The highest BCUT2D eigenvalue weighted by Crippen LogP contribution is 2.13. The molecule has 2 rings (SSSR count). The van der Waals surface area contributed by atoms with Crippen molar-refractivity contribution in [2.24, 2.45) is 0 Å². The highest BCUT2D eigenvalue weighted by molar-refractivity contribution is 7.99. The standard InChI is InChI=1S/C13H14N2S/c1-11-3-5-12(6-4-11)7-10-16-13-14-8-2-9-15-13/h2-6,8-9H,7,10H2,1H3. The van der Waals surface area contributed by atoms with Crippen molar-refractivity contribution in [2.75, 3.05) is 5.75 Å². The van der Waals surface area contributed by atoms with E-state index in [4.69, 9.17) is 0 Å². The van der Waals surface area contributed by atoms with Gasteiger partial charge in [0.2, 0.25) is 0 Å². The summed E-state index contributed by atoms with van der Waals surface area (Å²) in [4.78, 5) is 8.35. The molecule has 2 nitrogen and oxygen atoms in total. The molecule has 3 heteroatoms. The Kier molecular flexibility index (Phi) is 3.94. The van der Waals surface area contributed by atoms with E-state index in [9.17, 15) is 0 Å². The second kappa shape index (κ2) is 5.66. The lowest BCUT2D eigenvalue weighted by Crippen LogP contribution is -1.91. The van der Waals surface area contributed by atoms with Crippen LogP contribution < -0.4 is 0 Å². The topological polar surface area (TPSA) is 25.8 Å². The fourth-order valence-corrected chi connectivity index (χ4v) is 2.17. The molecule has 0 aliphatic heterocycles. The van der Waals surface area contributed by atoms with Gasteiger partial charge in [0.15, 0.2) is 5.16 Å². The van der Waals surface area contributed by atoms with Crippen LogP contribution in [-0.2, 0) is 6.42 Å². The van der Waals surface area contributed by atoms with E-state index in [0.717, 1.165) is 17.3 Å². The molecule has 0 bridgehead atoms. The lowest BCUT2D eigenvalue weighted by atomic mass is 10.1. The molecule has 1 aromatic heterocycles. The molecule has 0 atom stereocenters. The Morgan fingerprint density at radius 3 is 2.44 bits per heavy atom. The third-order valence-corrected chi connectivity index (χ3v) is 3.16. The Bertz CT molecular complexity index is 425. The van der Waals surface area contributed by atoms with Crippen LogP contribution in [0.3, 0.4) is 0 Å². The van der Waals surface area contributed by atoms with Gasteiger partial charge in [0.1, 0.15) is 0 Å². The number of thioether (sulfide) groups is 1. The van der Waals surface area contributed by atoms with Crippen LogP contribution in [0.4, 0.5) is 0 Å². The summed E-state index contributed by atoms with van der Waals surface area (Å²) in [5.74, 6) is 1.02. The summed E-state index contributed by atoms with van der Waals surface area (Å²) in [6.07, 6.45) is 4.62. The molecule has 82 valence electrons. The lowest BCUT2D eigenvalue weighted by Gasteiger charge is -2.01. The maximum atomic E-state index is 4.18. The summed E-state index contributed by atoms with van der Waals surface area (Å²) in [5.41, 5.74) is 2.68. The van der Waals surface area contributed by atoms with Crippen LogP contribution in [0.25, 0.3) is 0 Å². The van der Waals surface area contributed by atoms with Gasteiger partial charge in [-0.3, -0.25) is 0 Å². The number of aromatic nitrogens is 2. The quantitative estimate of drug-likeness (QED) is 0.596. The van der Waals surface area contributed by atoms with Gasteiger partial charge in [0, 0.05) is 18.1 Å². The Labute approximate surface area is 100 Å². The molecule has 2 aromatic rings. The van der Waals surface area contributed by atoms with E-state index in [1.165, 1.54) is 11.1 Å². The molecular weight excluding hydrogens is 216 g/mol. The summed E-state index contributed by atoms with van der Waals surface area (Å²) in [5, 5.41) is 0.856. The van der Waals surface area contributed by atoms with Crippen molar-refractivity contribution in [3.8, 4) is 0 Å². The largest absolute Gasteiger partial charge is 0.231 e. The molecular formula is C13H14N2S. The maximum Gasteiger partial charge on any atom is 0.187 e. The summed E-state index contributed by atoms with van der Waals surface area (Å²) < 4.78 is 0. The van der Waals surface area contributed by atoms with Gasteiger partial charge in [-0.05, 0) is 25.0 Å². The van der Waals surface area contributed by atoms with Gasteiger partial charge in [-0.1, -0.05) is 41.6 Å². The van der Waals surface area contributed by atoms with Crippen molar-refractivity contribution in [3.05, 3.63) is 53.9 Å². The summed E-state index contributed by atoms with van der Waals surface area (Å²) in [6.45, 7) is 2.11.